The molecule has 2 aromatic rings. The van der Waals surface area contributed by atoms with Gasteiger partial charge in [-0.25, -0.2) is 4.98 Å². The molecule has 0 fully saturated rings. The lowest BCUT2D eigenvalue weighted by atomic mass is 10.3. The van der Waals surface area contributed by atoms with E-state index in [0.717, 1.165) is 11.1 Å². The normalized spacial score (nSPS) is 12.2. The van der Waals surface area contributed by atoms with Crippen molar-refractivity contribution in [3.63, 3.8) is 0 Å². The zero-order valence-corrected chi connectivity index (χ0v) is 10.9. The van der Waals surface area contributed by atoms with Gasteiger partial charge in [0.15, 0.2) is 10.4 Å². The molecular weight excluding hydrogens is 279 g/mol. The number of aromatic amines is 1. The van der Waals surface area contributed by atoms with Crippen LogP contribution in [0.25, 0.3) is 11.2 Å². The van der Waals surface area contributed by atoms with E-state index in [1.807, 2.05) is 13.0 Å². The molecule has 2 rings (SSSR count). The van der Waals surface area contributed by atoms with E-state index < -0.39 is 12.8 Å². The van der Waals surface area contributed by atoms with Crippen molar-refractivity contribution in [2.75, 3.05) is 13.2 Å². The highest BCUT2D eigenvalue weighted by Crippen LogP contribution is 2.15. The summed E-state index contributed by atoms with van der Waals surface area (Å²) in [4.78, 5) is 7.18. The van der Waals surface area contributed by atoms with E-state index in [0.29, 0.717) is 10.4 Å². The number of nitrogens with one attached hydrogen (secondary N) is 1. The molecule has 0 bridgehead atoms. The number of aryl methyl sites for hydroxylation is 1. The Balaban J connectivity index is 2.09. The number of pyridine rings is 1. The number of fused-ring (bicyclic) bond motifs is 1. The number of imidazole rings is 1. The predicted octanol–water partition coefficient (Wildman–Crippen LogP) is 2.98. The van der Waals surface area contributed by atoms with E-state index in [1.54, 1.807) is 10.8 Å². The van der Waals surface area contributed by atoms with Crippen molar-refractivity contribution < 1.29 is 17.9 Å². The summed E-state index contributed by atoms with van der Waals surface area (Å²) in [5.41, 5.74) is 2.36. The van der Waals surface area contributed by atoms with Crippen molar-refractivity contribution in [3.05, 3.63) is 22.6 Å². The summed E-state index contributed by atoms with van der Waals surface area (Å²) in [5, 5.41) is 0. The van der Waals surface area contributed by atoms with Crippen LogP contribution in [-0.4, -0.2) is 33.9 Å². The summed E-state index contributed by atoms with van der Waals surface area (Å²) in [6, 6.07) is 1.88. The SMILES string of the molecule is Cc1cnc2c(c1)[nH]c(=S)n2CCOCC(F)(F)F. The summed E-state index contributed by atoms with van der Waals surface area (Å²) in [7, 11) is 0. The average Bonchev–Trinajstić information content (AvgIpc) is 2.58. The van der Waals surface area contributed by atoms with Crippen LogP contribution in [0.4, 0.5) is 13.2 Å². The fourth-order valence-electron chi connectivity index (χ4n) is 1.70. The third kappa shape index (κ3) is 3.54. The van der Waals surface area contributed by atoms with Gasteiger partial charge in [-0.3, -0.25) is 4.57 Å². The number of hydrogen-bond donors (Lipinski definition) is 1. The number of hydrogen-bond acceptors (Lipinski definition) is 3. The van der Waals surface area contributed by atoms with Crippen LogP contribution in [-0.2, 0) is 11.3 Å². The molecule has 19 heavy (non-hydrogen) atoms. The van der Waals surface area contributed by atoms with Gasteiger partial charge < -0.3 is 9.72 Å². The van der Waals surface area contributed by atoms with Gasteiger partial charge in [-0.2, -0.15) is 13.2 Å². The number of H-pyrrole nitrogens is 1. The zero-order chi connectivity index (χ0) is 14.0. The van der Waals surface area contributed by atoms with Crippen LogP contribution in [0.5, 0.6) is 0 Å². The molecule has 0 unspecified atom stereocenters. The Labute approximate surface area is 112 Å². The minimum atomic E-state index is -4.31. The van der Waals surface area contributed by atoms with Crippen LogP contribution in [0.2, 0.25) is 0 Å². The van der Waals surface area contributed by atoms with Gasteiger partial charge >= 0.3 is 6.18 Å². The Bertz CT molecular complexity index is 632. The standard InChI is InChI=1S/C11H12F3N3OS/c1-7-4-8-9(15-5-7)17(10(19)16-8)2-3-18-6-11(12,13)14/h4-5H,2-3,6H2,1H3,(H,16,19). The van der Waals surface area contributed by atoms with E-state index in [4.69, 9.17) is 12.2 Å². The Morgan fingerprint density at radius 1 is 1.47 bits per heavy atom. The van der Waals surface area contributed by atoms with Crippen molar-refractivity contribution in [1.29, 1.82) is 0 Å². The second-order valence-corrected chi connectivity index (χ2v) is 4.52. The first kappa shape index (κ1) is 14.0. The van der Waals surface area contributed by atoms with Gasteiger partial charge in [0.05, 0.1) is 18.7 Å². The van der Waals surface area contributed by atoms with Crippen LogP contribution in [0.15, 0.2) is 12.3 Å². The van der Waals surface area contributed by atoms with Crippen LogP contribution in [0.3, 0.4) is 0 Å². The number of nitrogens with zero attached hydrogens (tertiary/aromatic N) is 2. The molecule has 2 heterocycles. The number of rotatable bonds is 4. The molecule has 0 aliphatic carbocycles. The smallest absolute Gasteiger partial charge is 0.370 e. The van der Waals surface area contributed by atoms with E-state index in [1.165, 1.54) is 0 Å². The van der Waals surface area contributed by atoms with Gasteiger partial charge in [-0.1, -0.05) is 0 Å². The number of aromatic nitrogens is 3. The van der Waals surface area contributed by atoms with Gasteiger partial charge in [-0.05, 0) is 30.8 Å². The molecule has 2 aromatic heterocycles. The summed E-state index contributed by atoms with van der Waals surface area (Å²) < 4.78 is 42.4. The Morgan fingerprint density at radius 2 is 2.21 bits per heavy atom. The first-order valence-corrected chi connectivity index (χ1v) is 5.97. The number of ether oxygens (including phenoxy) is 1. The second kappa shape index (κ2) is 5.30. The molecule has 104 valence electrons. The van der Waals surface area contributed by atoms with Crippen molar-refractivity contribution in [2.24, 2.45) is 0 Å². The van der Waals surface area contributed by atoms with Crippen LogP contribution < -0.4 is 0 Å². The summed E-state index contributed by atoms with van der Waals surface area (Å²) in [6.07, 6.45) is -2.63. The molecule has 0 spiro atoms. The first-order valence-electron chi connectivity index (χ1n) is 5.56. The molecular formula is C11H12F3N3OS. The van der Waals surface area contributed by atoms with E-state index in [2.05, 4.69) is 14.7 Å². The van der Waals surface area contributed by atoms with Crippen LogP contribution in [0.1, 0.15) is 5.56 Å². The zero-order valence-electron chi connectivity index (χ0n) is 10.1. The van der Waals surface area contributed by atoms with Crippen LogP contribution in [0, 0.1) is 11.7 Å². The Hall–Kier alpha value is -1.41. The molecule has 0 saturated carbocycles. The average molecular weight is 291 g/mol. The highest BCUT2D eigenvalue weighted by Gasteiger charge is 2.27. The maximum absolute atomic E-state index is 11.9. The first-order chi connectivity index (χ1) is 8.87. The minimum Gasteiger partial charge on any atom is -0.370 e. The molecule has 0 atom stereocenters. The molecule has 0 radical (unpaired) electrons. The van der Waals surface area contributed by atoms with Crippen LogP contribution >= 0.6 is 12.2 Å². The Kier molecular flexibility index (Phi) is 3.91. The summed E-state index contributed by atoms with van der Waals surface area (Å²) >= 11 is 5.11. The number of alkyl halides is 3. The van der Waals surface area contributed by atoms with Gasteiger partial charge in [0, 0.05) is 6.20 Å². The molecule has 8 heteroatoms. The third-order valence-corrected chi connectivity index (χ3v) is 2.79. The second-order valence-electron chi connectivity index (χ2n) is 4.13. The lowest BCUT2D eigenvalue weighted by Gasteiger charge is -2.08. The lowest BCUT2D eigenvalue weighted by Crippen LogP contribution is -2.19. The van der Waals surface area contributed by atoms with Crippen molar-refractivity contribution in [2.45, 2.75) is 19.6 Å². The highest BCUT2D eigenvalue weighted by atomic mass is 32.1. The maximum atomic E-state index is 11.9. The fraction of sp³-hybridized carbons (Fsp3) is 0.455. The fourth-order valence-corrected chi connectivity index (χ4v) is 1.99. The Morgan fingerprint density at radius 3 is 2.89 bits per heavy atom. The highest BCUT2D eigenvalue weighted by molar-refractivity contribution is 7.71. The third-order valence-electron chi connectivity index (χ3n) is 2.47. The van der Waals surface area contributed by atoms with Gasteiger partial charge in [-0.15, -0.1) is 0 Å². The molecule has 0 saturated heterocycles. The quantitative estimate of drug-likeness (QED) is 0.695. The van der Waals surface area contributed by atoms with Crippen molar-refractivity contribution >= 4 is 23.4 Å². The maximum Gasteiger partial charge on any atom is 0.411 e. The molecule has 0 aliphatic heterocycles. The monoisotopic (exact) mass is 291 g/mol. The van der Waals surface area contributed by atoms with Crippen molar-refractivity contribution in [1.82, 2.24) is 14.5 Å². The molecule has 0 aliphatic rings. The minimum absolute atomic E-state index is 0.0731. The van der Waals surface area contributed by atoms with Gasteiger partial charge in [0.1, 0.15) is 6.61 Å². The van der Waals surface area contributed by atoms with Gasteiger partial charge in [0.25, 0.3) is 0 Å². The van der Waals surface area contributed by atoms with E-state index >= 15 is 0 Å². The lowest BCUT2D eigenvalue weighted by molar-refractivity contribution is -0.174. The molecule has 0 amide bonds. The molecule has 1 N–H and O–H groups in total. The summed E-state index contributed by atoms with van der Waals surface area (Å²) in [5.74, 6) is 0. The number of halogens is 3. The van der Waals surface area contributed by atoms with E-state index in [9.17, 15) is 13.2 Å². The predicted molar refractivity (Wildman–Crippen MR) is 66.5 cm³/mol. The molecule has 4 nitrogen and oxygen atoms in total. The largest absolute Gasteiger partial charge is 0.411 e. The summed E-state index contributed by atoms with van der Waals surface area (Å²) in [6.45, 7) is 0.795. The van der Waals surface area contributed by atoms with Crippen molar-refractivity contribution in [3.8, 4) is 0 Å². The van der Waals surface area contributed by atoms with Gasteiger partial charge in [0.2, 0.25) is 0 Å². The topological polar surface area (TPSA) is 42.8 Å². The van der Waals surface area contributed by atoms with E-state index in [-0.39, 0.29) is 13.2 Å². The molecule has 0 aromatic carbocycles.